The van der Waals surface area contributed by atoms with E-state index >= 15 is 0 Å². The molecule has 0 aromatic rings. The Morgan fingerprint density at radius 2 is 1.59 bits per heavy atom. The molecule has 1 fully saturated rings. The third-order valence-electron chi connectivity index (χ3n) is 8.36. The summed E-state index contributed by atoms with van der Waals surface area (Å²) in [7, 11) is 4.21. The van der Waals surface area contributed by atoms with E-state index in [4.69, 9.17) is 14.9 Å². The lowest BCUT2D eigenvalue weighted by Gasteiger charge is -2.58. The molecular formula is C32H60N2O5. The van der Waals surface area contributed by atoms with Crippen LogP contribution in [0.25, 0.3) is 0 Å². The van der Waals surface area contributed by atoms with Crippen LogP contribution in [0.15, 0.2) is 12.2 Å². The molecule has 0 spiro atoms. The van der Waals surface area contributed by atoms with Crippen LogP contribution in [0.4, 0.5) is 0 Å². The molecule has 1 saturated heterocycles. The normalized spacial score (nSPS) is 18.6. The van der Waals surface area contributed by atoms with Gasteiger partial charge in [0.25, 0.3) is 0 Å². The Labute approximate surface area is 239 Å². The van der Waals surface area contributed by atoms with Gasteiger partial charge in [0.05, 0.1) is 0 Å². The van der Waals surface area contributed by atoms with E-state index in [9.17, 15) is 9.59 Å². The smallest absolute Gasteiger partial charge is 0.303 e. The highest BCUT2D eigenvalue weighted by Crippen LogP contribution is 2.45. The van der Waals surface area contributed by atoms with Gasteiger partial charge in [0.2, 0.25) is 0 Å². The molecule has 1 aliphatic rings. The first-order chi connectivity index (χ1) is 18.8. The van der Waals surface area contributed by atoms with Crippen LogP contribution in [0.2, 0.25) is 0 Å². The number of carboxylic acids is 2. The number of hydrogen-bond donors (Lipinski definition) is 2. The Morgan fingerprint density at radius 1 is 0.872 bits per heavy atom. The van der Waals surface area contributed by atoms with E-state index in [1.54, 1.807) is 0 Å². The van der Waals surface area contributed by atoms with Crippen LogP contribution in [0.5, 0.6) is 0 Å². The Balaban J connectivity index is 2.79. The molecule has 0 amide bonds. The molecule has 1 rings (SSSR count). The first kappa shape index (κ1) is 35.6. The Morgan fingerprint density at radius 3 is 2.23 bits per heavy atom. The first-order valence-corrected chi connectivity index (χ1v) is 15.9. The molecule has 2 atom stereocenters. The van der Waals surface area contributed by atoms with Crippen molar-refractivity contribution in [2.45, 2.75) is 128 Å². The summed E-state index contributed by atoms with van der Waals surface area (Å²) in [4.78, 5) is 26.9. The minimum atomic E-state index is -0.708. The van der Waals surface area contributed by atoms with Gasteiger partial charge in [-0.1, -0.05) is 44.8 Å². The van der Waals surface area contributed by atoms with Crippen LogP contribution < -0.4 is 0 Å². The van der Waals surface area contributed by atoms with Crippen molar-refractivity contribution in [3.05, 3.63) is 12.2 Å². The van der Waals surface area contributed by atoms with Crippen LogP contribution in [0.1, 0.15) is 122 Å². The summed E-state index contributed by atoms with van der Waals surface area (Å²) in [6, 6.07) is 0. The highest BCUT2D eigenvalue weighted by Gasteiger charge is 2.48. The van der Waals surface area contributed by atoms with Gasteiger partial charge in [0.1, 0.15) is 0 Å². The molecule has 228 valence electrons. The van der Waals surface area contributed by atoms with Gasteiger partial charge in [0, 0.05) is 38.1 Å². The molecule has 2 unspecified atom stereocenters. The molecule has 39 heavy (non-hydrogen) atoms. The number of ether oxygens (including phenoxy) is 1. The fourth-order valence-electron chi connectivity index (χ4n) is 5.97. The minimum absolute atomic E-state index is 0.121. The predicted octanol–water partition coefficient (Wildman–Crippen LogP) is 7.00. The van der Waals surface area contributed by atoms with E-state index in [0.29, 0.717) is 5.92 Å². The lowest BCUT2D eigenvalue weighted by atomic mass is 9.67. The zero-order chi connectivity index (χ0) is 28.8. The zero-order valence-corrected chi connectivity index (χ0v) is 25.5. The number of hydrogen-bond acceptors (Lipinski definition) is 5. The molecule has 0 saturated carbocycles. The van der Waals surface area contributed by atoms with Crippen molar-refractivity contribution in [2.75, 3.05) is 46.9 Å². The van der Waals surface area contributed by atoms with E-state index in [-0.39, 0.29) is 18.4 Å². The summed E-state index contributed by atoms with van der Waals surface area (Å²) in [5.74, 6) is -0.887. The van der Waals surface area contributed by atoms with Crippen LogP contribution in [0, 0.1) is 5.92 Å². The van der Waals surface area contributed by atoms with Crippen molar-refractivity contribution in [1.29, 1.82) is 0 Å². The molecule has 0 radical (unpaired) electrons. The fourth-order valence-corrected chi connectivity index (χ4v) is 5.97. The van der Waals surface area contributed by atoms with Gasteiger partial charge in [-0.2, -0.15) is 0 Å². The van der Waals surface area contributed by atoms with Gasteiger partial charge in [-0.15, -0.1) is 0 Å². The molecule has 0 aromatic heterocycles. The second-order valence-electron chi connectivity index (χ2n) is 11.8. The highest BCUT2D eigenvalue weighted by molar-refractivity contribution is 5.66. The van der Waals surface area contributed by atoms with Crippen LogP contribution in [-0.4, -0.2) is 84.4 Å². The number of unbranched alkanes of at least 4 members (excludes halogenated alkanes) is 7. The molecule has 1 heterocycles. The predicted molar refractivity (Wildman–Crippen MR) is 160 cm³/mol. The molecule has 1 aliphatic heterocycles. The average molecular weight is 553 g/mol. The summed E-state index contributed by atoms with van der Waals surface area (Å²) >= 11 is 0. The van der Waals surface area contributed by atoms with Crippen molar-refractivity contribution in [3.8, 4) is 0 Å². The topological polar surface area (TPSA) is 90.3 Å². The number of likely N-dealkylation sites (tertiary alicyclic amines) is 1. The van der Waals surface area contributed by atoms with E-state index in [1.807, 2.05) is 0 Å². The van der Waals surface area contributed by atoms with E-state index < -0.39 is 11.9 Å². The Hall–Kier alpha value is -1.44. The summed E-state index contributed by atoms with van der Waals surface area (Å²) in [6.45, 7) is 7.02. The van der Waals surface area contributed by atoms with Crippen molar-refractivity contribution in [2.24, 2.45) is 5.92 Å². The number of rotatable bonds is 27. The molecular weight excluding hydrogens is 492 g/mol. The molecule has 0 aliphatic carbocycles. The third kappa shape index (κ3) is 16.4. The number of aliphatic carboxylic acids is 2. The monoisotopic (exact) mass is 552 g/mol. The molecule has 0 aromatic carbocycles. The van der Waals surface area contributed by atoms with E-state index in [1.165, 1.54) is 25.7 Å². The standard InChI is InChI=1S/C32H60N2O5/c1-4-5-6-7-8-9-11-18-29(19-13-14-21-31(37)38)32(23-28-39-27-17-16-24-33(2)3)22-26-34(32)25-15-10-12-20-30(35)36/h8-9,29H,4-7,10-28H2,1-3H3,(H,35,36)(H,37,38)/b9-8-. The second kappa shape index (κ2) is 22.3. The zero-order valence-electron chi connectivity index (χ0n) is 25.5. The largest absolute Gasteiger partial charge is 0.481 e. The maximum atomic E-state index is 11.1. The van der Waals surface area contributed by atoms with Crippen LogP contribution in [0.3, 0.4) is 0 Å². The lowest BCUT2D eigenvalue weighted by molar-refractivity contribution is -0.138. The maximum Gasteiger partial charge on any atom is 0.303 e. The molecule has 2 N–H and O–H groups in total. The summed E-state index contributed by atoms with van der Waals surface area (Å²) < 4.78 is 6.15. The van der Waals surface area contributed by atoms with Crippen molar-refractivity contribution in [3.63, 3.8) is 0 Å². The van der Waals surface area contributed by atoms with Crippen molar-refractivity contribution < 1.29 is 24.5 Å². The number of nitrogens with zero attached hydrogens (tertiary/aromatic N) is 2. The van der Waals surface area contributed by atoms with Gasteiger partial charge in [-0.05, 0) is 110 Å². The van der Waals surface area contributed by atoms with Gasteiger partial charge >= 0.3 is 11.9 Å². The van der Waals surface area contributed by atoms with Crippen molar-refractivity contribution >= 4 is 11.9 Å². The Bertz CT molecular complexity index is 669. The SMILES string of the molecule is CCCCC/C=C\CCC(CCCCC(=O)O)C1(CCOCCCCN(C)C)CCN1CCCCCC(=O)O. The Kier molecular flexibility index (Phi) is 20.3. The van der Waals surface area contributed by atoms with Gasteiger partial charge in [-0.25, -0.2) is 0 Å². The molecule has 0 bridgehead atoms. The summed E-state index contributed by atoms with van der Waals surface area (Å²) in [5, 5.41) is 18.1. The van der Waals surface area contributed by atoms with Crippen LogP contribution >= 0.6 is 0 Å². The van der Waals surface area contributed by atoms with E-state index in [2.05, 4.69) is 43.0 Å². The lowest BCUT2D eigenvalue weighted by Crippen LogP contribution is -2.64. The van der Waals surface area contributed by atoms with Crippen molar-refractivity contribution in [1.82, 2.24) is 9.80 Å². The number of allylic oxidation sites excluding steroid dienone is 2. The van der Waals surface area contributed by atoms with Gasteiger partial charge < -0.3 is 19.8 Å². The molecule has 7 heteroatoms. The fraction of sp³-hybridized carbons (Fsp3) is 0.875. The molecule has 7 nitrogen and oxygen atoms in total. The minimum Gasteiger partial charge on any atom is -0.481 e. The summed E-state index contributed by atoms with van der Waals surface area (Å²) in [5.41, 5.74) is 0.121. The van der Waals surface area contributed by atoms with Gasteiger partial charge in [-0.3, -0.25) is 14.5 Å². The second-order valence-corrected chi connectivity index (χ2v) is 11.8. The quantitative estimate of drug-likeness (QED) is 0.0837. The highest BCUT2D eigenvalue weighted by atomic mass is 16.5. The van der Waals surface area contributed by atoms with Crippen LogP contribution in [-0.2, 0) is 14.3 Å². The van der Waals surface area contributed by atoms with Gasteiger partial charge in [0.15, 0.2) is 0 Å². The maximum absolute atomic E-state index is 11.1. The summed E-state index contributed by atoms with van der Waals surface area (Å²) in [6.07, 6.45) is 22.3. The number of carbonyl (C=O) groups is 2. The third-order valence-corrected chi connectivity index (χ3v) is 8.36. The first-order valence-electron chi connectivity index (χ1n) is 15.9. The average Bonchev–Trinajstić information content (AvgIpc) is 2.87. The van der Waals surface area contributed by atoms with E-state index in [0.717, 1.165) is 110 Å². The number of carboxylic acid groups (broad SMARTS) is 2.